The van der Waals surface area contributed by atoms with Gasteiger partial charge in [-0.2, -0.15) is 0 Å². The number of thioether (sulfide) groups is 1. The van der Waals surface area contributed by atoms with Crippen LogP contribution >= 0.6 is 34.4 Å². The van der Waals surface area contributed by atoms with Gasteiger partial charge in [0, 0.05) is 11.9 Å². The van der Waals surface area contributed by atoms with Gasteiger partial charge >= 0.3 is 5.97 Å². The predicted octanol–water partition coefficient (Wildman–Crippen LogP) is 4.35. The van der Waals surface area contributed by atoms with E-state index in [4.69, 9.17) is 4.74 Å². The van der Waals surface area contributed by atoms with Crippen molar-refractivity contribution in [3.63, 3.8) is 0 Å². The van der Waals surface area contributed by atoms with E-state index in [-0.39, 0.29) is 40.2 Å². The third-order valence-electron chi connectivity index (χ3n) is 5.69. The molecule has 34 heavy (non-hydrogen) atoms. The molecule has 0 saturated carbocycles. The van der Waals surface area contributed by atoms with Crippen molar-refractivity contribution in [3.05, 3.63) is 36.8 Å². The minimum Gasteiger partial charge on any atom is -0.462 e. The molecule has 1 aliphatic rings. The maximum absolute atomic E-state index is 13.0. The third kappa shape index (κ3) is 4.56. The summed E-state index contributed by atoms with van der Waals surface area (Å²) in [4.78, 5) is 57.2. The van der Waals surface area contributed by atoms with Crippen LogP contribution in [0, 0.1) is 6.92 Å². The molecule has 0 bridgehead atoms. The molecule has 0 aromatic carbocycles. The summed E-state index contributed by atoms with van der Waals surface area (Å²) in [6.45, 7) is 4.96. The number of rotatable bonds is 7. The summed E-state index contributed by atoms with van der Waals surface area (Å²) in [5.41, 5.74) is 1.74. The lowest BCUT2D eigenvalue weighted by atomic mass is 9.97. The van der Waals surface area contributed by atoms with E-state index in [1.165, 1.54) is 16.4 Å². The number of amides is 1. The number of carbonyl (C=O) groups excluding carboxylic acids is 3. The molecule has 0 fully saturated rings. The molecule has 0 aliphatic heterocycles. The lowest BCUT2D eigenvalue weighted by molar-refractivity contribution is -0.113. The normalized spacial score (nSPS) is 13.1. The maximum atomic E-state index is 13.0. The molecule has 4 rings (SSSR count). The Morgan fingerprint density at radius 2 is 1.94 bits per heavy atom. The minimum absolute atomic E-state index is 0.00844. The molecule has 11 heteroatoms. The monoisotopic (exact) mass is 519 g/mol. The Balaban J connectivity index is 1.55. The zero-order valence-electron chi connectivity index (χ0n) is 19.4. The van der Waals surface area contributed by atoms with Gasteiger partial charge in [-0.05, 0) is 57.6 Å². The van der Waals surface area contributed by atoms with Crippen LogP contribution in [0.15, 0.2) is 9.95 Å². The van der Waals surface area contributed by atoms with Crippen LogP contribution in [-0.2, 0) is 29.4 Å². The molecule has 1 amide bonds. The van der Waals surface area contributed by atoms with E-state index in [1.807, 2.05) is 0 Å². The molecule has 3 aromatic rings. The highest BCUT2D eigenvalue weighted by molar-refractivity contribution is 7.99. The smallest absolute Gasteiger partial charge is 0.341 e. The molecule has 8 nitrogen and oxygen atoms in total. The highest BCUT2D eigenvalue weighted by Crippen LogP contribution is 2.36. The van der Waals surface area contributed by atoms with E-state index < -0.39 is 5.97 Å². The first-order valence-electron chi connectivity index (χ1n) is 11.0. The van der Waals surface area contributed by atoms with E-state index in [0.717, 1.165) is 59.2 Å². The summed E-state index contributed by atoms with van der Waals surface area (Å²) in [5.74, 6) is -1.14. The van der Waals surface area contributed by atoms with Crippen molar-refractivity contribution in [1.82, 2.24) is 9.55 Å². The Morgan fingerprint density at radius 3 is 2.65 bits per heavy atom. The van der Waals surface area contributed by atoms with Gasteiger partial charge < -0.3 is 10.1 Å². The standard InChI is InChI=1S/C23H25N3O5S3/c1-5-31-22(30)16-11(2)18(12(3)27)34-19(16)24-15(28)10-32-23-25-20-17(21(29)26(23)4)13-8-6-7-9-14(13)33-20/h5-10H2,1-4H3,(H,24,28). The van der Waals surface area contributed by atoms with Gasteiger partial charge in [0.25, 0.3) is 5.56 Å². The van der Waals surface area contributed by atoms with Crippen LogP contribution < -0.4 is 10.9 Å². The minimum atomic E-state index is -0.581. The Kier molecular flexibility index (Phi) is 7.25. The van der Waals surface area contributed by atoms with E-state index >= 15 is 0 Å². The molecule has 0 spiro atoms. The highest BCUT2D eigenvalue weighted by atomic mass is 32.2. The van der Waals surface area contributed by atoms with Crippen LogP contribution in [0.3, 0.4) is 0 Å². The summed E-state index contributed by atoms with van der Waals surface area (Å²) in [7, 11) is 1.67. The summed E-state index contributed by atoms with van der Waals surface area (Å²) in [6, 6.07) is 0. The zero-order chi connectivity index (χ0) is 24.6. The van der Waals surface area contributed by atoms with E-state index in [2.05, 4.69) is 10.3 Å². The van der Waals surface area contributed by atoms with Crippen molar-refractivity contribution in [1.29, 1.82) is 0 Å². The number of ether oxygens (including phenoxy) is 1. The maximum Gasteiger partial charge on any atom is 0.341 e. The van der Waals surface area contributed by atoms with Crippen LogP contribution in [-0.4, -0.2) is 39.6 Å². The molecule has 3 aromatic heterocycles. The number of nitrogens with zero attached hydrogens (tertiary/aromatic N) is 2. The van der Waals surface area contributed by atoms with Crippen molar-refractivity contribution >= 4 is 67.3 Å². The summed E-state index contributed by atoms with van der Waals surface area (Å²) >= 11 is 3.79. The first-order valence-corrected chi connectivity index (χ1v) is 13.6. The van der Waals surface area contributed by atoms with Gasteiger partial charge in [-0.25, -0.2) is 9.78 Å². The number of anilines is 1. The lowest BCUT2D eigenvalue weighted by Crippen LogP contribution is -2.22. The van der Waals surface area contributed by atoms with E-state index in [1.54, 1.807) is 32.2 Å². The van der Waals surface area contributed by atoms with Crippen molar-refractivity contribution in [2.75, 3.05) is 17.7 Å². The Hall–Kier alpha value is -2.50. The summed E-state index contributed by atoms with van der Waals surface area (Å²) in [5, 5.41) is 4.20. The SMILES string of the molecule is CCOC(=O)c1c(NC(=O)CSc2nc3sc4c(c3c(=O)n2C)CCCC4)sc(C(C)=O)c1C. The molecule has 0 atom stereocenters. The molecule has 1 aliphatic carbocycles. The molecular weight excluding hydrogens is 494 g/mol. The Labute approximate surface area is 208 Å². The second kappa shape index (κ2) is 10.0. The number of Topliss-reactive ketones (excluding diaryl/α,β-unsaturated/α-hetero) is 1. The number of aryl methyl sites for hydroxylation is 2. The molecule has 180 valence electrons. The van der Waals surface area contributed by atoms with Crippen molar-refractivity contribution in [3.8, 4) is 0 Å². The first kappa shape index (κ1) is 24.6. The number of hydrogen-bond acceptors (Lipinski definition) is 9. The number of ketones is 1. The molecule has 0 radical (unpaired) electrons. The lowest BCUT2D eigenvalue weighted by Gasteiger charge is -2.11. The molecule has 3 heterocycles. The second-order valence-electron chi connectivity index (χ2n) is 8.02. The molecular formula is C23H25N3O5S3. The Bertz CT molecular complexity index is 1370. The van der Waals surface area contributed by atoms with Gasteiger partial charge in [0.05, 0.1) is 28.2 Å². The van der Waals surface area contributed by atoms with Crippen molar-refractivity contribution in [2.45, 2.75) is 51.6 Å². The van der Waals surface area contributed by atoms with Gasteiger partial charge in [-0.3, -0.25) is 19.0 Å². The van der Waals surface area contributed by atoms with Crippen LogP contribution in [0.4, 0.5) is 5.00 Å². The zero-order valence-corrected chi connectivity index (χ0v) is 21.9. The van der Waals surface area contributed by atoms with Crippen molar-refractivity contribution in [2.24, 2.45) is 7.05 Å². The number of hydrogen-bond donors (Lipinski definition) is 1. The largest absolute Gasteiger partial charge is 0.462 e. The fourth-order valence-electron chi connectivity index (χ4n) is 4.08. The van der Waals surface area contributed by atoms with Gasteiger partial charge in [0.1, 0.15) is 9.83 Å². The quantitative estimate of drug-likeness (QED) is 0.214. The first-order chi connectivity index (χ1) is 16.2. The average molecular weight is 520 g/mol. The van der Waals surface area contributed by atoms with Crippen LogP contribution in [0.5, 0.6) is 0 Å². The number of nitrogens with one attached hydrogen (secondary N) is 1. The van der Waals surface area contributed by atoms with Crippen molar-refractivity contribution < 1.29 is 19.1 Å². The van der Waals surface area contributed by atoms with Gasteiger partial charge in [0.15, 0.2) is 10.9 Å². The van der Waals surface area contributed by atoms with E-state index in [9.17, 15) is 19.2 Å². The molecule has 1 N–H and O–H groups in total. The van der Waals surface area contributed by atoms with Crippen LogP contribution in [0.25, 0.3) is 10.2 Å². The number of esters is 1. The Morgan fingerprint density at radius 1 is 1.21 bits per heavy atom. The average Bonchev–Trinajstić information content (AvgIpc) is 3.32. The number of carbonyl (C=O) groups is 3. The summed E-state index contributed by atoms with van der Waals surface area (Å²) < 4.78 is 6.61. The summed E-state index contributed by atoms with van der Waals surface area (Å²) in [6.07, 6.45) is 4.10. The number of thiophene rings is 2. The van der Waals surface area contributed by atoms with Crippen LogP contribution in [0.1, 0.15) is 62.7 Å². The predicted molar refractivity (Wildman–Crippen MR) is 136 cm³/mol. The van der Waals surface area contributed by atoms with E-state index in [0.29, 0.717) is 21.0 Å². The fourth-order valence-corrected chi connectivity index (χ4v) is 7.26. The molecule has 0 saturated heterocycles. The van der Waals surface area contributed by atoms with Gasteiger partial charge in [-0.1, -0.05) is 11.8 Å². The van der Waals surface area contributed by atoms with Crippen LogP contribution in [0.2, 0.25) is 0 Å². The number of aromatic nitrogens is 2. The second-order valence-corrected chi connectivity index (χ2v) is 11.1. The van der Waals surface area contributed by atoms with Gasteiger partial charge in [0.2, 0.25) is 5.91 Å². The van der Waals surface area contributed by atoms with Gasteiger partial charge in [-0.15, -0.1) is 22.7 Å². The fraction of sp³-hybridized carbons (Fsp3) is 0.435. The molecule has 0 unspecified atom stereocenters. The topological polar surface area (TPSA) is 107 Å². The highest BCUT2D eigenvalue weighted by Gasteiger charge is 2.26. The third-order valence-corrected chi connectivity index (χ3v) is 9.21. The number of fused-ring (bicyclic) bond motifs is 3.